The number of imide groups is 1. The van der Waals surface area contributed by atoms with Gasteiger partial charge in [-0.1, -0.05) is 66.2 Å². The van der Waals surface area contributed by atoms with Crippen molar-refractivity contribution in [3.05, 3.63) is 101 Å². The standard InChI is InChI=1S/C27H22N2O3/c1-15-10-12-16(13-11-15)28-21(30)14-29-26(31)24-22-17-6-2-3-7-18(17)23(25(24)27(29)32)20-9-5-4-8-19(20)22/h2-13,22-25H,14H2,1H3,(H,28,30)/t22?,23?,24-,25-/m1/s1. The number of rotatable bonds is 3. The summed E-state index contributed by atoms with van der Waals surface area (Å²) in [5.74, 6) is -2.06. The second-order valence-corrected chi connectivity index (χ2v) is 8.94. The van der Waals surface area contributed by atoms with Gasteiger partial charge < -0.3 is 5.32 Å². The molecule has 0 spiro atoms. The van der Waals surface area contributed by atoms with Crippen molar-refractivity contribution < 1.29 is 14.4 Å². The highest BCUT2D eigenvalue weighted by Gasteiger charge is 2.61. The molecule has 0 radical (unpaired) electrons. The molecule has 3 aromatic rings. The van der Waals surface area contributed by atoms with Crippen LogP contribution in [0, 0.1) is 18.8 Å². The highest BCUT2D eigenvalue weighted by molar-refractivity contribution is 6.10. The van der Waals surface area contributed by atoms with E-state index in [9.17, 15) is 14.4 Å². The van der Waals surface area contributed by atoms with Gasteiger partial charge >= 0.3 is 0 Å². The Balaban J connectivity index is 1.34. The lowest BCUT2D eigenvalue weighted by Crippen LogP contribution is -2.41. The number of hydrogen-bond acceptors (Lipinski definition) is 3. The quantitative estimate of drug-likeness (QED) is 0.653. The average Bonchev–Trinajstić information content (AvgIpc) is 3.06. The van der Waals surface area contributed by atoms with Crippen molar-refractivity contribution in [1.82, 2.24) is 4.90 Å². The Morgan fingerprint density at radius 3 is 1.62 bits per heavy atom. The van der Waals surface area contributed by atoms with Crippen molar-refractivity contribution in [1.29, 1.82) is 0 Å². The predicted octanol–water partition coefficient (Wildman–Crippen LogP) is 3.83. The van der Waals surface area contributed by atoms with Gasteiger partial charge in [-0.3, -0.25) is 19.3 Å². The molecule has 1 saturated heterocycles. The van der Waals surface area contributed by atoms with Gasteiger partial charge in [-0.05, 0) is 41.3 Å². The lowest BCUT2D eigenvalue weighted by Gasteiger charge is -2.45. The molecule has 158 valence electrons. The first-order chi connectivity index (χ1) is 15.5. The third-order valence-electron chi connectivity index (χ3n) is 7.18. The van der Waals surface area contributed by atoms with Crippen molar-refractivity contribution in [2.45, 2.75) is 18.8 Å². The number of benzene rings is 3. The summed E-state index contributed by atoms with van der Waals surface area (Å²) in [6.45, 7) is 1.71. The molecule has 0 unspecified atom stereocenters. The van der Waals surface area contributed by atoms with Crippen molar-refractivity contribution in [3.63, 3.8) is 0 Å². The van der Waals surface area contributed by atoms with Crippen LogP contribution in [0.3, 0.4) is 0 Å². The Kier molecular flexibility index (Phi) is 4.09. The Labute approximate surface area is 186 Å². The lowest BCUT2D eigenvalue weighted by molar-refractivity contribution is -0.142. The summed E-state index contributed by atoms with van der Waals surface area (Å²) < 4.78 is 0. The number of amides is 3. The van der Waals surface area contributed by atoms with Gasteiger partial charge in [0.05, 0.1) is 11.8 Å². The third kappa shape index (κ3) is 2.60. The van der Waals surface area contributed by atoms with E-state index in [1.807, 2.05) is 55.5 Å². The topological polar surface area (TPSA) is 66.5 Å². The van der Waals surface area contributed by atoms with E-state index in [1.165, 1.54) is 4.90 Å². The summed E-state index contributed by atoms with van der Waals surface area (Å²) in [6.07, 6.45) is 0. The Morgan fingerprint density at radius 2 is 1.19 bits per heavy atom. The molecule has 0 aromatic heterocycles. The number of nitrogens with zero attached hydrogens (tertiary/aromatic N) is 1. The molecule has 3 amide bonds. The summed E-state index contributed by atoms with van der Waals surface area (Å²) in [5.41, 5.74) is 6.26. The lowest BCUT2D eigenvalue weighted by atomic mass is 9.55. The van der Waals surface area contributed by atoms with E-state index in [4.69, 9.17) is 0 Å². The molecule has 3 aromatic carbocycles. The second kappa shape index (κ2) is 6.89. The molecular formula is C27H22N2O3. The van der Waals surface area contributed by atoms with Crippen molar-refractivity contribution >= 4 is 23.4 Å². The number of carbonyl (C=O) groups is 3. The van der Waals surface area contributed by atoms with Crippen LogP contribution in [0.15, 0.2) is 72.8 Å². The van der Waals surface area contributed by atoms with Gasteiger partial charge in [-0.15, -0.1) is 0 Å². The van der Waals surface area contributed by atoms with Gasteiger partial charge in [0.25, 0.3) is 0 Å². The fraction of sp³-hybridized carbons (Fsp3) is 0.222. The third-order valence-corrected chi connectivity index (χ3v) is 7.18. The van der Waals surface area contributed by atoms with Gasteiger partial charge in [0.15, 0.2) is 0 Å². The summed E-state index contributed by atoms with van der Waals surface area (Å²) >= 11 is 0. The van der Waals surface area contributed by atoms with Gasteiger partial charge in [0.1, 0.15) is 6.54 Å². The number of hydrogen-bond donors (Lipinski definition) is 1. The Bertz CT molecular complexity index is 1160. The molecule has 5 heteroatoms. The fourth-order valence-corrected chi connectivity index (χ4v) is 5.88. The van der Waals surface area contributed by atoms with Crippen LogP contribution >= 0.6 is 0 Å². The van der Waals surface area contributed by atoms with Crippen LogP contribution in [0.2, 0.25) is 0 Å². The molecule has 0 saturated carbocycles. The molecule has 5 nitrogen and oxygen atoms in total. The zero-order valence-corrected chi connectivity index (χ0v) is 17.6. The molecule has 1 N–H and O–H groups in total. The van der Waals surface area contributed by atoms with Crippen molar-refractivity contribution in [2.75, 3.05) is 11.9 Å². The van der Waals surface area contributed by atoms with Crippen LogP contribution in [-0.2, 0) is 14.4 Å². The zero-order chi connectivity index (χ0) is 22.0. The molecule has 3 aliphatic carbocycles. The minimum absolute atomic E-state index is 0.154. The summed E-state index contributed by atoms with van der Waals surface area (Å²) in [6, 6.07) is 23.7. The number of aryl methyl sites for hydroxylation is 1. The predicted molar refractivity (Wildman–Crippen MR) is 120 cm³/mol. The molecule has 7 rings (SSSR count). The maximum Gasteiger partial charge on any atom is 0.244 e. The highest BCUT2D eigenvalue weighted by atomic mass is 16.2. The van der Waals surface area contributed by atoms with Crippen molar-refractivity contribution in [2.24, 2.45) is 11.8 Å². The van der Waals surface area contributed by atoms with E-state index in [-0.39, 0.29) is 36.1 Å². The summed E-state index contributed by atoms with van der Waals surface area (Å²) in [7, 11) is 0. The van der Waals surface area contributed by atoms with E-state index < -0.39 is 11.8 Å². The minimum Gasteiger partial charge on any atom is -0.325 e. The van der Waals surface area contributed by atoms with E-state index in [0.29, 0.717) is 5.69 Å². The monoisotopic (exact) mass is 422 g/mol. The number of nitrogens with one attached hydrogen (secondary N) is 1. The molecule has 1 fully saturated rings. The normalized spacial score (nSPS) is 24.7. The SMILES string of the molecule is Cc1ccc(NC(=O)CN2C(=O)[C@@H]3C4c5ccccc5C(c5ccccc54)[C@H]3C2=O)cc1. The van der Waals surface area contributed by atoms with Crippen LogP contribution < -0.4 is 5.32 Å². The summed E-state index contributed by atoms with van der Waals surface area (Å²) in [4.78, 5) is 40.9. The van der Waals surface area contributed by atoms with E-state index >= 15 is 0 Å². The number of anilines is 1. The van der Waals surface area contributed by atoms with E-state index in [2.05, 4.69) is 29.6 Å². The first kappa shape index (κ1) is 19.0. The Morgan fingerprint density at radius 1 is 0.750 bits per heavy atom. The largest absolute Gasteiger partial charge is 0.325 e. The summed E-state index contributed by atoms with van der Waals surface area (Å²) in [5, 5.41) is 2.81. The van der Waals surface area contributed by atoms with Crippen LogP contribution in [0.4, 0.5) is 5.69 Å². The van der Waals surface area contributed by atoms with Crippen LogP contribution in [0.25, 0.3) is 0 Å². The molecule has 32 heavy (non-hydrogen) atoms. The maximum atomic E-state index is 13.5. The number of likely N-dealkylation sites (tertiary alicyclic amines) is 1. The molecule has 4 aliphatic rings. The van der Waals surface area contributed by atoms with Crippen LogP contribution in [0.5, 0.6) is 0 Å². The molecular weight excluding hydrogens is 400 g/mol. The average molecular weight is 422 g/mol. The van der Waals surface area contributed by atoms with Gasteiger partial charge in [0.2, 0.25) is 17.7 Å². The smallest absolute Gasteiger partial charge is 0.244 e. The fourth-order valence-electron chi connectivity index (χ4n) is 5.88. The molecule has 1 heterocycles. The maximum absolute atomic E-state index is 13.5. The Hall–Kier alpha value is -3.73. The van der Waals surface area contributed by atoms with E-state index in [0.717, 1.165) is 27.8 Å². The van der Waals surface area contributed by atoms with Gasteiger partial charge in [-0.2, -0.15) is 0 Å². The van der Waals surface area contributed by atoms with Gasteiger partial charge in [0, 0.05) is 17.5 Å². The molecule has 2 atom stereocenters. The second-order valence-electron chi connectivity index (χ2n) is 8.94. The van der Waals surface area contributed by atoms with Crippen molar-refractivity contribution in [3.8, 4) is 0 Å². The van der Waals surface area contributed by atoms with E-state index in [1.54, 1.807) is 0 Å². The first-order valence-corrected chi connectivity index (χ1v) is 10.9. The van der Waals surface area contributed by atoms with Crippen LogP contribution in [0.1, 0.15) is 39.7 Å². The zero-order valence-electron chi connectivity index (χ0n) is 17.6. The number of carbonyl (C=O) groups excluding carboxylic acids is 3. The minimum atomic E-state index is -0.454. The van der Waals surface area contributed by atoms with Crippen LogP contribution in [-0.4, -0.2) is 29.2 Å². The molecule has 2 bridgehead atoms. The highest BCUT2D eigenvalue weighted by Crippen LogP contribution is 2.60. The molecule has 1 aliphatic heterocycles. The first-order valence-electron chi connectivity index (χ1n) is 10.9. The van der Waals surface area contributed by atoms with Gasteiger partial charge in [-0.25, -0.2) is 0 Å².